The Morgan fingerprint density at radius 1 is 1.89 bits per heavy atom. The molecular formula is C5H7N3O. The molecule has 0 atom stereocenters. The van der Waals surface area contributed by atoms with Crippen molar-refractivity contribution in [3.63, 3.8) is 0 Å². The number of rotatable bonds is 1. The maximum Gasteiger partial charge on any atom is 0.268 e. The van der Waals surface area contributed by atoms with Crippen molar-refractivity contribution in [2.75, 3.05) is 0 Å². The molecule has 1 aromatic rings. The van der Waals surface area contributed by atoms with E-state index >= 15 is 0 Å². The summed E-state index contributed by atoms with van der Waals surface area (Å²) in [4.78, 5) is 14.1. The number of hydrogen-bond acceptors (Lipinski definition) is 2. The van der Waals surface area contributed by atoms with E-state index < -0.39 is 5.91 Å². The van der Waals surface area contributed by atoms with Crippen LogP contribution in [0.3, 0.4) is 0 Å². The summed E-state index contributed by atoms with van der Waals surface area (Å²) >= 11 is 0. The number of nitrogens with two attached hydrogens (primary N) is 1. The maximum atomic E-state index is 10.4. The van der Waals surface area contributed by atoms with Crippen molar-refractivity contribution < 1.29 is 4.79 Å². The molecule has 1 amide bonds. The predicted octanol–water partition coefficient (Wildman–Crippen LogP) is -0.481. The van der Waals surface area contributed by atoms with Gasteiger partial charge in [0.2, 0.25) is 0 Å². The molecule has 0 radical (unpaired) electrons. The molecule has 0 saturated carbocycles. The van der Waals surface area contributed by atoms with Crippen LogP contribution in [0.25, 0.3) is 0 Å². The first kappa shape index (κ1) is 5.81. The van der Waals surface area contributed by atoms with Crippen molar-refractivity contribution in [2.45, 2.75) is 0 Å². The highest BCUT2D eigenvalue weighted by Gasteiger charge is 2.00. The van der Waals surface area contributed by atoms with E-state index in [1.54, 1.807) is 17.8 Å². The van der Waals surface area contributed by atoms with Gasteiger partial charge in [-0.05, 0) is 0 Å². The van der Waals surface area contributed by atoms with E-state index in [0.717, 1.165) is 0 Å². The van der Waals surface area contributed by atoms with Crippen LogP contribution >= 0.6 is 0 Å². The monoisotopic (exact) mass is 125 g/mol. The number of aromatic nitrogens is 2. The molecule has 0 fully saturated rings. The third-order valence-electron chi connectivity index (χ3n) is 0.957. The highest BCUT2D eigenvalue weighted by atomic mass is 16.1. The van der Waals surface area contributed by atoms with E-state index in [1.165, 1.54) is 6.33 Å². The van der Waals surface area contributed by atoms with Gasteiger partial charge in [0.25, 0.3) is 5.91 Å². The van der Waals surface area contributed by atoms with Crippen LogP contribution in [-0.2, 0) is 7.05 Å². The van der Waals surface area contributed by atoms with Crippen LogP contribution in [0, 0.1) is 0 Å². The molecule has 1 rings (SSSR count). The van der Waals surface area contributed by atoms with Gasteiger partial charge in [0.05, 0.1) is 6.33 Å². The Hall–Kier alpha value is -1.32. The Kier molecular flexibility index (Phi) is 1.22. The van der Waals surface area contributed by atoms with Crippen molar-refractivity contribution in [2.24, 2.45) is 12.8 Å². The number of amides is 1. The Balaban J connectivity index is 2.98. The van der Waals surface area contributed by atoms with Gasteiger partial charge in [0.15, 0.2) is 0 Å². The van der Waals surface area contributed by atoms with Crippen LogP contribution in [0.2, 0.25) is 0 Å². The number of nitrogens with zero attached hydrogens (tertiary/aromatic N) is 2. The average molecular weight is 125 g/mol. The van der Waals surface area contributed by atoms with Gasteiger partial charge in [0.1, 0.15) is 5.69 Å². The van der Waals surface area contributed by atoms with Gasteiger partial charge in [-0.1, -0.05) is 0 Å². The minimum Gasteiger partial charge on any atom is -0.364 e. The summed E-state index contributed by atoms with van der Waals surface area (Å²) in [5.41, 5.74) is 5.22. The lowest BCUT2D eigenvalue weighted by molar-refractivity contribution is 0.0996. The first-order valence-electron chi connectivity index (χ1n) is 2.48. The van der Waals surface area contributed by atoms with Crippen molar-refractivity contribution in [1.82, 2.24) is 9.55 Å². The van der Waals surface area contributed by atoms with Crippen LogP contribution in [-0.4, -0.2) is 15.5 Å². The number of carbonyl (C=O) groups excluding carboxylic acids is 1. The van der Waals surface area contributed by atoms with E-state index in [9.17, 15) is 4.79 Å². The normalized spacial score (nSPS) is 9.44. The lowest BCUT2D eigenvalue weighted by Gasteiger charge is -1.82. The second-order valence-corrected chi connectivity index (χ2v) is 1.79. The van der Waals surface area contributed by atoms with Crippen molar-refractivity contribution >= 4 is 5.91 Å². The quantitative estimate of drug-likeness (QED) is 0.551. The molecule has 9 heavy (non-hydrogen) atoms. The Morgan fingerprint density at radius 3 is 2.78 bits per heavy atom. The first-order valence-corrected chi connectivity index (χ1v) is 2.48. The van der Waals surface area contributed by atoms with Crippen LogP contribution in [0.4, 0.5) is 0 Å². The molecular weight excluding hydrogens is 118 g/mol. The standard InChI is InChI=1S/C5H7N3O/c1-8-2-4(5(6)9)7-3-8/h2-3H,1H3,(H2,6,9). The SMILES string of the molecule is Cn1cnc(C(N)=O)c1. The number of aryl methyl sites for hydroxylation is 1. The second-order valence-electron chi connectivity index (χ2n) is 1.79. The number of carbonyl (C=O) groups is 1. The molecule has 48 valence electrons. The molecule has 4 nitrogen and oxygen atoms in total. The molecule has 0 bridgehead atoms. The third kappa shape index (κ3) is 1.07. The zero-order chi connectivity index (χ0) is 6.85. The number of imidazole rings is 1. The third-order valence-corrected chi connectivity index (χ3v) is 0.957. The molecule has 0 aromatic carbocycles. The highest BCUT2D eigenvalue weighted by Crippen LogP contribution is 1.89. The lowest BCUT2D eigenvalue weighted by Crippen LogP contribution is -2.10. The van der Waals surface area contributed by atoms with Gasteiger partial charge in [-0.25, -0.2) is 4.98 Å². The van der Waals surface area contributed by atoms with E-state index in [-0.39, 0.29) is 0 Å². The smallest absolute Gasteiger partial charge is 0.268 e. The van der Waals surface area contributed by atoms with Gasteiger partial charge >= 0.3 is 0 Å². The molecule has 1 aromatic heterocycles. The zero-order valence-corrected chi connectivity index (χ0v) is 5.03. The summed E-state index contributed by atoms with van der Waals surface area (Å²) in [6.45, 7) is 0. The zero-order valence-electron chi connectivity index (χ0n) is 5.03. The van der Waals surface area contributed by atoms with Crippen LogP contribution in [0.5, 0.6) is 0 Å². The van der Waals surface area contributed by atoms with E-state index in [1.807, 2.05) is 0 Å². The van der Waals surface area contributed by atoms with Crippen molar-refractivity contribution in [1.29, 1.82) is 0 Å². The molecule has 2 N–H and O–H groups in total. The van der Waals surface area contributed by atoms with Crippen molar-refractivity contribution in [3.8, 4) is 0 Å². The maximum absolute atomic E-state index is 10.4. The highest BCUT2D eigenvalue weighted by molar-refractivity contribution is 5.90. The molecule has 0 aliphatic heterocycles. The largest absolute Gasteiger partial charge is 0.364 e. The summed E-state index contributed by atoms with van der Waals surface area (Å²) < 4.78 is 1.67. The van der Waals surface area contributed by atoms with Crippen LogP contribution in [0.15, 0.2) is 12.5 Å². The van der Waals surface area contributed by atoms with Gasteiger partial charge < -0.3 is 10.3 Å². The molecule has 0 aliphatic rings. The molecule has 0 unspecified atom stereocenters. The van der Waals surface area contributed by atoms with Gasteiger partial charge in [-0.3, -0.25) is 4.79 Å². The minimum atomic E-state index is -0.490. The molecule has 1 heterocycles. The summed E-state index contributed by atoms with van der Waals surface area (Å²) in [7, 11) is 1.78. The van der Waals surface area contributed by atoms with E-state index in [0.29, 0.717) is 5.69 Å². The topological polar surface area (TPSA) is 60.9 Å². The molecule has 0 spiro atoms. The summed E-state index contributed by atoms with van der Waals surface area (Å²) in [6, 6.07) is 0. The fourth-order valence-electron chi connectivity index (χ4n) is 0.540. The number of hydrogen-bond donors (Lipinski definition) is 1. The van der Waals surface area contributed by atoms with Gasteiger partial charge in [-0.15, -0.1) is 0 Å². The fraction of sp³-hybridized carbons (Fsp3) is 0.200. The molecule has 4 heteroatoms. The lowest BCUT2D eigenvalue weighted by atomic mass is 10.5. The Labute approximate surface area is 52.3 Å². The Morgan fingerprint density at radius 2 is 2.56 bits per heavy atom. The van der Waals surface area contributed by atoms with E-state index in [4.69, 9.17) is 5.73 Å². The second kappa shape index (κ2) is 1.89. The van der Waals surface area contributed by atoms with Crippen LogP contribution < -0.4 is 5.73 Å². The average Bonchev–Trinajstić information content (AvgIpc) is 2.14. The van der Waals surface area contributed by atoms with E-state index in [2.05, 4.69) is 4.98 Å². The summed E-state index contributed by atoms with van der Waals surface area (Å²) in [5.74, 6) is -0.490. The molecule has 0 saturated heterocycles. The molecule has 0 aliphatic carbocycles. The van der Waals surface area contributed by atoms with Gasteiger partial charge in [-0.2, -0.15) is 0 Å². The first-order chi connectivity index (χ1) is 4.20. The Bertz CT molecular complexity index is 228. The minimum absolute atomic E-state index is 0.303. The van der Waals surface area contributed by atoms with Crippen LogP contribution in [0.1, 0.15) is 10.5 Å². The fourth-order valence-corrected chi connectivity index (χ4v) is 0.540. The number of primary amides is 1. The summed E-state index contributed by atoms with van der Waals surface area (Å²) in [6.07, 6.45) is 3.10. The summed E-state index contributed by atoms with van der Waals surface area (Å²) in [5, 5.41) is 0. The van der Waals surface area contributed by atoms with Crippen molar-refractivity contribution in [3.05, 3.63) is 18.2 Å². The predicted molar refractivity (Wildman–Crippen MR) is 31.7 cm³/mol. The van der Waals surface area contributed by atoms with Gasteiger partial charge in [0, 0.05) is 13.2 Å².